The number of allylic oxidation sites excluding steroid dienone is 1. The van der Waals surface area contributed by atoms with Crippen molar-refractivity contribution in [2.24, 2.45) is 5.73 Å². The topological polar surface area (TPSA) is 85.5 Å². The van der Waals surface area contributed by atoms with Crippen LogP contribution in [0.4, 0.5) is 0 Å². The van der Waals surface area contributed by atoms with Crippen molar-refractivity contribution in [3.8, 4) is 0 Å². The number of hydrogen-bond donors (Lipinski definition) is 4. The summed E-state index contributed by atoms with van der Waals surface area (Å²) >= 11 is 6.21. The number of aromatic amines is 1. The number of nitrogens with zero attached hydrogens (tertiary/aromatic N) is 1. The van der Waals surface area contributed by atoms with Crippen LogP contribution in [0.5, 0.6) is 0 Å². The molecule has 0 aliphatic heterocycles. The maximum atomic E-state index is 9.30. The second-order valence-electron chi connectivity index (χ2n) is 4.80. The average molecular weight is 298 g/mol. The third kappa shape index (κ3) is 2.76. The Labute approximate surface area is 123 Å². The summed E-state index contributed by atoms with van der Waals surface area (Å²) in [6, 6.07) is 3.88. The highest BCUT2D eigenvalue weighted by molar-refractivity contribution is 6.32. The monoisotopic (exact) mass is 297 g/mol. The molecule has 2 rings (SSSR count). The summed E-state index contributed by atoms with van der Waals surface area (Å²) in [4.78, 5) is 5.21. The molecule has 5 nitrogen and oxygen atoms in total. The molecule has 0 amide bonds. The van der Waals surface area contributed by atoms with Crippen LogP contribution in [-0.2, 0) is 5.54 Å². The second-order valence-corrected chi connectivity index (χ2v) is 5.21. The van der Waals surface area contributed by atoms with Gasteiger partial charge in [-0.15, -0.1) is 0 Å². The van der Waals surface area contributed by atoms with Gasteiger partial charge in [0, 0.05) is 30.7 Å². The van der Waals surface area contributed by atoms with E-state index < -0.39 is 5.54 Å². The van der Waals surface area contributed by atoms with Gasteiger partial charge in [0.25, 0.3) is 0 Å². The van der Waals surface area contributed by atoms with Crippen LogP contribution in [0.3, 0.4) is 0 Å². The van der Waals surface area contributed by atoms with Crippen molar-refractivity contribution in [1.29, 1.82) is 0 Å². The lowest BCUT2D eigenvalue weighted by Crippen LogP contribution is -2.48. The molecular weight excluding hydrogens is 278 g/mol. The molecule has 1 aliphatic rings. The van der Waals surface area contributed by atoms with Crippen LogP contribution < -0.4 is 5.73 Å². The van der Waals surface area contributed by atoms with Crippen LogP contribution in [0, 0.1) is 0 Å². The average Bonchev–Trinajstić information content (AvgIpc) is 2.96. The number of nitrogens with two attached hydrogens (primary N) is 1. The molecule has 1 aromatic rings. The first kappa shape index (κ1) is 15.1. The number of hydrogen-bond acceptors (Lipinski definition) is 4. The van der Waals surface area contributed by atoms with Crippen molar-refractivity contribution in [3.63, 3.8) is 0 Å². The molecule has 5 N–H and O–H groups in total. The minimum Gasteiger partial charge on any atom is -0.398 e. The van der Waals surface area contributed by atoms with Crippen LogP contribution in [0.15, 0.2) is 41.2 Å². The van der Waals surface area contributed by atoms with Crippen molar-refractivity contribution < 1.29 is 10.2 Å². The van der Waals surface area contributed by atoms with Crippen LogP contribution in [-0.4, -0.2) is 46.4 Å². The van der Waals surface area contributed by atoms with Gasteiger partial charge >= 0.3 is 0 Å². The molecule has 0 saturated heterocycles. The molecule has 0 radical (unpaired) electrons. The number of aliphatic hydroxyl groups excluding tert-OH is 2. The quantitative estimate of drug-likeness (QED) is 0.627. The van der Waals surface area contributed by atoms with Crippen molar-refractivity contribution in [3.05, 3.63) is 46.9 Å². The summed E-state index contributed by atoms with van der Waals surface area (Å²) in [6.07, 6.45) is 6.25. The lowest BCUT2D eigenvalue weighted by atomic mass is 9.85. The third-order valence-corrected chi connectivity index (χ3v) is 3.97. The van der Waals surface area contributed by atoms with Gasteiger partial charge in [0.2, 0.25) is 0 Å². The first-order valence-electron chi connectivity index (χ1n) is 6.59. The minimum atomic E-state index is -0.519. The highest BCUT2D eigenvalue weighted by Crippen LogP contribution is 2.39. The Balaban J connectivity index is 2.45. The summed E-state index contributed by atoms with van der Waals surface area (Å²) < 4.78 is 0. The van der Waals surface area contributed by atoms with Gasteiger partial charge in [-0.1, -0.05) is 17.7 Å². The van der Waals surface area contributed by atoms with Gasteiger partial charge in [0.1, 0.15) is 0 Å². The number of nitrogens with one attached hydrogen (secondary N) is 1. The van der Waals surface area contributed by atoms with Crippen molar-refractivity contribution in [2.45, 2.75) is 12.0 Å². The fraction of sp³-hybridized carbons (Fsp3) is 0.429. The molecule has 0 saturated carbocycles. The van der Waals surface area contributed by atoms with Crippen LogP contribution >= 0.6 is 11.6 Å². The lowest BCUT2D eigenvalue weighted by molar-refractivity contribution is 0.0761. The van der Waals surface area contributed by atoms with Crippen molar-refractivity contribution in [2.75, 3.05) is 26.3 Å². The van der Waals surface area contributed by atoms with Crippen molar-refractivity contribution >= 4 is 11.6 Å². The summed E-state index contributed by atoms with van der Waals surface area (Å²) in [5, 5.41) is 19.1. The highest BCUT2D eigenvalue weighted by Gasteiger charge is 2.38. The molecular formula is C14H20ClN3O2. The molecule has 0 bridgehead atoms. The fourth-order valence-electron chi connectivity index (χ4n) is 2.65. The molecule has 20 heavy (non-hydrogen) atoms. The van der Waals surface area contributed by atoms with E-state index in [2.05, 4.69) is 4.98 Å². The molecule has 1 aromatic heterocycles. The van der Waals surface area contributed by atoms with Gasteiger partial charge in [-0.3, -0.25) is 4.90 Å². The summed E-state index contributed by atoms with van der Waals surface area (Å²) in [6.45, 7) is 0.891. The number of H-pyrrole nitrogens is 1. The van der Waals surface area contributed by atoms with Gasteiger partial charge in [0.15, 0.2) is 0 Å². The third-order valence-electron chi connectivity index (χ3n) is 3.64. The largest absolute Gasteiger partial charge is 0.398 e. The van der Waals surface area contributed by atoms with E-state index in [0.717, 1.165) is 5.69 Å². The van der Waals surface area contributed by atoms with Crippen LogP contribution in [0.1, 0.15) is 12.1 Å². The number of aliphatic hydroxyl groups is 2. The highest BCUT2D eigenvalue weighted by atomic mass is 35.5. The Bertz CT molecular complexity index is 493. The summed E-state index contributed by atoms with van der Waals surface area (Å²) in [5.41, 5.74) is 6.83. The minimum absolute atomic E-state index is 0.00706. The first-order chi connectivity index (χ1) is 9.64. The van der Waals surface area contributed by atoms with E-state index >= 15 is 0 Å². The molecule has 0 spiro atoms. The molecule has 1 unspecified atom stereocenters. The molecule has 0 aromatic carbocycles. The molecule has 1 aliphatic carbocycles. The van der Waals surface area contributed by atoms with E-state index in [1.54, 1.807) is 0 Å². The zero-order valence-corrected chi connectivity index (χ0v) is 12.0. The zero-order valence-electron chi connectivity index (χ0n) is 11.2. The van der Waals surface area contributed by atoms with E-state index in [1.165, 1.54) is 0 Å². The molecule has 1 heterocycles. The predicted octanol–water partition coefficient (Wildman–Crippen LogP) is 0.866. The Kier molecular flexibility index (Phi) is 4.88. The zero-order chi connectivity index (χ0) is 14.6. The van der Waals surface area contributed by atoms with Crippen LogP contribution in [0.25, 0.3) is 0 Å². The standard InChI is InChI=1S/C14H20ClN3O2/c15-11-10-14(4-3-12(11)16,13-2-1-5-17-13)18(6-8-19)7-9-20/h1-3,5,10,17,19-20H,4,6-9,16H2. The molecule has 0 fully saturated rings. The summed E-state index contributed by atoms with van der Waals surface area (Å²) in [5.74, 6) is 0. The van der Waals surface area contributed by atoms with Gasteiger partial charge in [0.05, 0.1) is 23.8 Å². The fourth-order valence-corrected chi connectivity index (χ4v) is 2.90. The Hall–Kier alpha value is -1.27. The Morgan fingerprint density at radius 2 is 2.05 bits per heavy atom. The molecule has 6 heteroatoms. The Morgan fingerprint density at radius 1 is 1.35 bits per heavy atom. The molecule has 110 valence electrons. The van der Waals surface area contributed by atoms with Crippen molar-refractivity contribution in [1.82, 2.24) is 9.88 Å². The number of halogens is 1. The van der Waals surface area contributed by atoms with Gasteiger partial charge in [-0.25, -0.2) is 0 Å². The number of aromatic nitrogens is 1. The molecule has 1 atom stereocenters. The SMILES string of the molecule is NC1=CCC(c2ccc[nH]2)(N(CCO)CCO)C=C1Cl. The van der Waals surface area contributed by atoms with E-state index in [9.17, 15) is 10.2 Å². The van der Waals surface area contributed by atoms with E-state index in [0.29, 0.717) is 30.2 Å². The Morgan fingerprint density at radius 3 is 2.55 bits per heavy atom. The maximum absolute atomic E-state index is 9.30. The van der Waals surface area contributed by atoms with E-state index in [1.807, 2.05) is 35.4 Å². The van der Waals surface area contributed by atoms with Gasteiger partial charge in [-0.2, -0.15) is 0 Å². The normalized spacial score (nSPS) is 22.8. The van der Waals surface area contributed by atoms with Gasteiger partial charge < -0.3 is 20.9 Å². The predicted molar refractivity (Wildman–Crippen MR) is 79.0 cm³/mol. The van der Waals surface area contributed by atoms with E-state index in [4.69, 9.17) is 17.3 Å². The lowest BCUT2D eigenvalue weighted by Gasteiger charge is -2.42. The summed E-state index contributed by atoms with van der Waals surface area (Å²) in [7, 11) is 0. The van der Waals surface area contributed by atoms with Gasteiger partial charge in [-0.05, 0) is 24.6 Å². The van der Waals surface area contributed by atoms with E-state index in [-0.39, 0.29) is 13.2 Å². The first-order valence-corrected chi connectivity index (χ1v) is 6.97. The maximum Gasteiger partial charge on any atom is 0.0851 e. The number of rotatable bonds is 6. The second kappa shape index (κ2) is 6.45. The van der Waals surface area contributed by atoms with Crippen LogP contribution in [0.2, 0.25) is 0 Å². The smallest absolute Gasteiger partial charge is 0.0851 e.